The molecule has 0 aliphatic carbocycles. The van der Waals surface area contributed by atoms with Crippen molar-refractivity contribution in [2.75, 3.05) is 0 Å². The van der Waals surface area contributed by atoms with E-state index in [1.54, 1.807) is 6.92 Å². The Bertz CT molecular complexity index is 142. The van der Waals surface area contributed by atoms with E-state index >= 15 is 0 Å². The van der Waals surface area contributed by atoms with Crippen molar-refractivity contribution >= 4 is 0 Å². The van der Waals surface area contributed by atoms with Crippen LogP contribution in [0.5, 0.6) is 0 Å². The molecule has 5 nitrogen and oxygen atoms in total. The number of rotatable bonds is 0. The first-order chi connectivity index (χ1) is 3.30. The monoisotopic (exact) mass is 100 g/mol. The lowest BCUT2D eigenvalue weighted by Gasteiger charge is -1.80. The van der Waals surface area contributed by atoms with Crippen LogP contribution in [0.4, 0.5) is 0 Å². The molecule has 0 amide bonds. The van der Waals surface area contributed by atoms with Gasteiger partial charge in [-0.15, -0.1) is 5.10 Å². The maximum Gasteiger partial charge on any atom is 0.189 e. The second kappa shape index (κ2) is 1.18. The molecule has 0 saturated heterocycles. The highest BCUT2D eigenvalue weighted by atomic mass is 16.5. The molecule has 0 aliphatic rings. The van der Waals surface area contributed by atoms with Crippen molar-refractivity contribution in [2.24, 2.45) is 0 Å². The summed E-state index contributed by atoms with van der Waals surface area (Å²) in [5, 5.41) is 18.1. The normalized spacial score (nSPS) is 9.29. The van der Waals surface area contributed by atoms with E-state index in [1.165, 1.54) is 0 Å². The molecule has 1 heterocycles. The minimum atomic E-state index is 0.389. The number of hydrogen-bond donors (Lipinski definition) is 1. The predicted octanol–water partition coefficient (Wildman–Crippen LogP) is -0.781. The molecule has 7 heavy (non-hydrogen) atoms. The second-order valence-corrected chi connectivity index (χ2v) is 1.12. The van der Waals surface area contributed by atoms with Crippen molar-refractivity contribution in [3.8, 4) is 0 Å². The fourth-order valence-corrected chi connectivity index (χ4v) is 0.227. The summed E-state index contributed by atoms with van der Waals surface area (Å²) in [6, 6.07) is 0. The molecule has 0 aliphatic heterocycles. The third kappa shape index (κ3) is 0.510. The SMILES string of the molecule is Cc1nnnn1O. The van der Waals surface area contributed by atoms with Crippen molar-refractivity contribution < 1.29 is 5.21 Å². The Kier molecular flexibility index (Phi) is 0.680. The van der Waals surface area contributed by atoms with Gasteiger partial charge in [0, 0.05) is 6.92 Å². The van der Waals surface area contributed by atoms with Crippen molar-refractivity contribution in [1.29, 1.82) is 0 Å². The van der Waals surface area contributed by atoms with Gasteiger partial charge in [0.1, 0.15) is 0 Å². The molecule has 0 bridgehead atoms. The van der Waals surface area contributed by atoms with Crippen LogP contribution >= 0.6 is 0 Å². The molecule has 38 valence electrons. The largest absolute Gasteiger partial charge is 0.409 e. The van der Waals surface area contributed by atoms with Crippen molar-refractivity contribution in [3.63, 3.8) is 0 Å². The highest BCUT2D eigenvalue weighted by Gasteiger charge is 1.90. The number of hydrogen-bond acceptors (Lipinski definition) is 4. The van der Waals surface area contributed by atoms with Crippen molar-refractivity contribution in [3.05, 3.63) is 5.82 Å². The lowest BCUT2D eigenvalue weighted by atomic mass is 10.8. The van der Waals surface area contributed by atoms with Crippen LogP contribution < -0.4 is 0 Å². The van der Waals surface area contributed by atoms with E-state index < -0.39 is 0 Å². The van der Waals surface area contributed by atoms with Crippen LogP contribution in [0.3, 0.4) is 0 Å². The topological polar surface area (TPSA) is 63.8 Å². The number of nitrogens with zero attached hydrogens (tertiary/aromatic N) is 4. The van der Waals surface area contributed by atoms with Crippen LogP contribution in [-0.2, 0) is 0 Å². The second-order valence-electron chi connectivity index (χ2n) is 1.12. The molecule has 1 aromatic rings. The van der Waals surface area contributed by atoms with E-state index in [1.807, 2.05) is 0 Å². The van der Waals surface area contributed by atoms with Crippen LogP contribution in [0.15, 0.2) is 0 Å². The molecule has 0 radical (unpaired) electrons. The Hall–Kier alpha value is -1.13. The van der Waals surface area contributed by atoms with Gasteiger partial charge in [0.2, 0.25) is 0 Å². The molecular formula is C2H4N4O. The molecule has 5 heteroatoms. The maximum atomic E-state index is 8.44. The fraction of sp³-hybridized carbons (Fsp3) is 0.500. The van der Waals surface area contributed by atoms with Gasteiger partial charge < -0.3 is 5.21 Å². The van der Waals surface area contributed by atoms with Gasteiger partial charge in [0.05, 0.1) is 0 Å². The zero-order valence-electron chi connectivity index (χ0n) is 3.74. The van der Waals surface area contributed by atoms with Gasteiger partial charge in [-0.3, -0.25) is 0 Å². The molecule has 1 N–H and O–H groups in total. The predicted molar refractivity (Wildman–Crippen MR) is 19.7 cm³/mol. The summed E-state index contributed by atoms with van der Waals surface area (Å²) >= 11 is 0. The summed E-state index contributed by atoms with van der Waals surface area (Å²) in [7, 11) is 0. The lowest BCUT2D eigenvalue weighted by molar-refractivity contribution is 0.136. The van der Waals surface area contributed by atoms with Gasteiger partial charge in [-0.05, 0) is 10.4 Å². The summed E-state index contributed by atoms with van der Waals surface area (Å²) in [6.07, 6.45) is 0. The van der Waals surface area contributed by atoms with Crippen LogP contribution in [0.1, 0.15) is 5.82 Å². The Morgan fingerprint density at radius 3 is 2.57 bits per heavy atom. The van der Waals surface area contributed by atoms with E-state index in [4.69, 9.17) is 5.21 Å². The molecule has 1 aromatic heterocycles. The first-order valence-corrected chi connectivity index (χ1v) is 1.75. The maximum absolute atomic E-state index is 8.44. The van der Waals surface area contributed by atoms with E-state index in [0.29, 0.717) is 10.7 Å². The van der Waals surface area contributed by atoms with Crippen LogP contribution in [0.2, 0.25) is 0 Å². The summed E-state index contributed by atoms with van der Waals surface area (Å²) in [6.45, 7) is 1.60. The molecule has 0 spiro atoms. The number of aromatic nitrogens is 4. The Morgan fingerprint density at radius 2 is 2.43 bits per heavy atom. The minimum absolute atomic E-state index is 0.389. The van der Waals surface area contributed by atoms with Crippen LogP contribution in [-0.4, -0.2) is 25.6 Å². The highest BCUT2D eigenvalue weighted by Crippen LogP contribution is 1.77. The van der Waals surface area contributed by atoms with Gasteiger partial charge >= 0.3 is 0 Å². The third-order valence-corrected chi connectivity index (χ3v) is 0.604. The molecule has 1 rings (SSSR count). The average Bonchev–Trinajstić information content (AvgIpc) is 1.91. The van der Waals surface area contributed by atoms with Gasteiger partial charge in [-0.25, -0.2) is 0 Å². The summed E-state index contributed by atoms with van der Waals surface area (Å²) in [5.41, 5.74) is 0. The number of aryl methyl sites for hydroxylation is 1. The fourth-order valence-electron chi connectivity index (χ4n) is 0.227. The first-order valence-electron chi connectivity index (χ1n) is 1.75. The zero-order chi connectivity index (χ0) is 5.28. The van der Waals surface area contributed by atoms with Gasteiger partial charge in [-0.2, -0.15) is 0 Å². The van der Waals surface area contributed by atoms with Crippen LogP contribution in [0, 0.1) is 6.92 Å². The average molecular weight is 100 g/mol. The van der Waals surface area contributed by atoms with Gasteiger partial charge in [-0.1, -0.05) is 4.85 Å². The van der Waals surface area contributed by atoms with Gasteiger partial charge in [0.25, 0.3) is 0 Å². The summed E-state index contributed by atoms with van der Waals surface area (Å²) < 4.78 is 0. The molecule has 0 atom stereocenters. The Labute approximate surface area is 39.5 Å². The standard InChI is InChI=1S/C2H4N4O/c1-2-3-4-5-6(2)7/h7H,1H3. The quantitative estimate of drug-likeness (QED) is 0.434. The zero-order valence-corrected chi connectivity index (χ0v) is 3.74. The van der Waals surface area contributed by atoms with E-state index in [0.717, 1.165) is 0 Å². The summed E-state index contributed by atoms with van der Waals surface area (Å²) in [5.74, 6) is 0.389. The first kappa shape index (κ1) is 4.04. The van der Waals surface area contributed by atoms with Gasteiger partial charge in [0.15, 0.2) is 5.82 Å². The van der Waals surface area contributed by atoms with E-state index in [2.05, 4.69) is 15.5 Å². The van der Waals surface area contributed by atoms with E-state index in [-0.39, 0.29) is 0 Å². The van der Waals surface area contributed by atoms with E-state index in [9.17, 15) is 0 Å². The molecule has 0 aromatic carbocycles. The minimum Gasteiger partial charge on any atom is -0.409 e. The van der Waals surface area contributed by atoms with Crippen molar-refractivity contribution in [2.45, 2.75) is 6.92 Å². The lowest BCUT2D eigenvalue weighted by Crippen LogP contribution is -1.94. The molecule has 0 fully saturated rings. The summed E-state index contributed by atoms with van der Waals surface area (Å²) in [4.78, 5) is 0.611. The smallest absolute Gasteiger partial charge is 0.189 e. The Balaban J connectivity index is 3.12. The Morgan fingerprint density at radius 1 is 1.71 bits per heavy atom. The van der Waals surface area contributed by atoms with Crippen molar-refractivity contribution in [1.82, 2.24) is 20.4 Å². The molecule has 0 unspecified atom stereocenters. The molecular weight excluding hydrogens is 96.0 g/mol. The van der Waals surface area contributed by atoms with Crippen LogP contribution in [0.25, 0.3) is 0 Å². The third-order valence-electron chi connectivity index (χ3n) is 0.604. The number of tetrazole rings is 1. The highest BCUT2D eigenvalue weighted by molar-refractivity contribution is 4.66. The molecule has 0 saturated carbocycles.